The van der Waals surface area contributed by atoms with E-state index in [9.17, 15) is 4.79 Å². The molecule has 1 amide bonds. The van der Waals surface area contributed by atoms with E-state index in [2.05, 4.69) is 37.9 Å². The third kappa shape index (κ3) is 3.61. The van der Waals surface area contributed by atoms with E-state index >= 15 is 0 Å². The molecule has 21 heavy (non-hydrogen) atoms. The minimum absolute atomic E-state index is 0.0394. The van der Waals surface area contributed by atoms with Crippen LogP contribution in [0.2, 0.25) is 0 Å². The molecular weight excluding hydrogens is 260 g/mol. The lowest BCUT2D eigenvalue weighted by Gasteiger charge is -2.37. The molecule has 0 aromatic rings. The van der Waals surface area contributed by atoms with Gasteiger partial charge >= 0.3 is 0 Å². The summed E-state index contributed by atoms with van der Waals surface area (Å²) in [4.78, 5) is 15.2. The lowest BCUT2D eigenvalue weighted by atomic mass is 9.83. The first-order valence-corrected chi connectivity index (χ1v) is 9.18. The third-order valence-electron chi connectivity index (χ3n) is 5.77. The van der Waals surface area contributed by atoms with Crippen LogP contribution < -0.4 is 5.32 Å². The van der Waals surface area contributed by atoms with Gasteiger partial charge in [-0.1, -0.05) is 52.9 Å². The standard InChI is InChI=1S/C18H34N2O/c1-5-10-16-19-17(13(3)6-2)18(21)20(16)14(4)15-11-8-7-9-12-15/h13-17,19H,5-12H2,1-4H3. The summed E-state index contributed by atoms with van der Waals surface area (Å²) in [5.41, 5.74) is 0. The monoisotopic (exact) mass is 294 g/mol. The smallest absolute Gasteiger partial charge is 0.241 e. The summed E-state index contributed by atoms with van der Waals surface area (Å²) in [6.45, 7) is 8.89. The van der Waals surface area contributed by atoms with E-state index in [1.54, 1.807) is 0 Å². The van der Waals surface area contributed by atoms with Gasteiger partial charge in [0.05, 0.1) is 12.2 Å². The molecule has 1 aliphatic carbocycles. The van der Waals surface area contributed by atoms with Crippen molar-refractivity contribution in [1.29, 1.82) is 0 Å². The highest BCUT2D eigenvalue weighted by molar-refractivity contribution is 5.85. The number of nitrogens with one attached hydrogen (secondary N) is 1. The maximum Gasteiger partial charge on any atom is 0.241 e. The number of nitrogens with zero attached hydrogens (tertiary/aromatic N) is 1. The number of rotatable bonds is 6. The molecule has 0 spiro atoms. The molecule has 3 nitrogen and oxygen atoms in total. The molecule has 1 saturated carbocycles. The molecular formula is C18H34N2O. The van der Waals surface area contributed by atoms with E-state index in [0.717, 1.165) is 19.3 Å². The quantitative estimate of drug-likeness (QED) is 0.805. The predicted molar refractivity (Wildman–Crippen MR) is 88.0 cm³/mol. The van der Waals surface area contributed by atoms with E-state index in [0.29, 0.717) is 23.8 Å². The zero-order valence-electron chi connectivity index (χ0n) is 14.4. The number of carbonyl (C=O) groups is 1. The summed E-state index contributed by atoms with van der Waals surface area (Å²) >= 11 is 0. The fourth-order valence-electron chi connectivity index (χ4n) is 4.14. The second-order valence-electron chi connectivity index (χ2n) is 7.22. The zero-order valence-corrected chi connectivity index (χ0v) is 14.4. The highest BCUT2D eigenvalue weighted by Crippen LogP contribution is 2.33. The number of hydrogen-bond donors (Lipinski definition) is 1. The van der Waals surface area contributed by atoms with Gasteiger partial charge in [0.1, 0.15) is 0 Å². The van der Waals surface area contributed by atoms with E-state index < -0.39 is 0 Å². The van der Waals surface area contributed by atoms with Gasteiger partial charge in [0.2, 0.25) is 5.91 Å². The van der Waals surface area contributed by atoms with Gasteiger partial charge in [-0.05, 0) is 38.0 Å². The molecule has 1 saturated heterocycles. The normalized spacial score (nSPS) is 30.7. The maximum atomic E-state index is 12.9. The molecule has 0 radical (unpaired) electrons. The van der Waals surface area contributed by atoms with E-state index in [1.165, 1.54) is 32.1 Å². The van der Waals surface area contributed by atoms with Crippen molar-refractivity contribution in [2.45, 2.75) is 97.3 Å². The highest BCUT2D eigenvalue weighted by atomic mass is 16.2. The number of amides is 1. The topological polar surface area (TPSA) is 32.3 Å². The van der Waals surface area contributed by atoms with Crippen LogP contribution in [-0.4, -0.2) is 29.1 Å². The number of hydrogen-bond acceptors (Lipinski definition) is 2. The maximum absolute atomic E-state index is 12.9. The predicted octanol–water partition coefficient (Wildman–Crippen LogP) is 3.93. The fourth-order valence-corrected chi connectivity index (χ4v) is 4.14. The first-order chi connectivity index (χ1) is 10.1. The van der Waals surface area contributed by atoms with Crippen LogP contribution in [0, 0.1) is 11.8 Å². The summed E-state index contributed by atoms with van der Waals surface area (Å²) in [5, 5.41) is 3.64. The van der Waals surface area contributed by atoms with Crippen LogP contribution in [0.15, 0.2) is 0 Å². The second kappa shape index (κ2) is 7.62. The van der Waals surface area contributed by atoms with Crippen LogP contribution in [0.5, 0.6) is 0 Å². The second-order valence-corrected chi connectivity index (χ2v) is 7.22. The summed E-state index contributed by atoms with van der Waals surface area (Å²) in [5.74, 6) is 1.50. The van der Waals surface area contributed by atoms with Crippen LogP contribution in [0.3, 0.4) is 0 Å². The molecule has 1 aliphatic heterocycles. The van der Waals surface area contributed by atoms with Gasteiger partial charge in [-0.25, -0.2) is 0 Å². The number of carbonyl (C=O) groups excluding carboxylic acids is 1. The molecule has 4 atom stereocenters. The first-order valence-electron chi connectivity index (χ1n) is 9.18. The lowest BCUT2D eigenvalue weighted by molar-refractivity contribution is -0.134. The van der Waals surface area contributed by atoms with Crippen LogP contribution >= 0.6 is 0 Å². The van der Waals surface area contributed by atoms with Crippen molar-refractivity contribution in [3.8, 4) is 0 Å². The van der Waals surface area contributed by atoms with Crippen molar-refractivity contribution in [3.63, 3.8) is 0 Å². The fraction of sp³-hybridized carbons (Fsp3) is 0.944. The summed E-state index contributed by atoms with van der Waals surface area (Å²) < 4.78 is 0. The Labute approximate surface area is 130 Å². The van der Waals surface area contributed by atoms with Crippen LogP contribution in [0.4, 0.5) is 0 Å². The molecule has 122 valence electrons. The van der Waals surface area contributed by atoms with Crippen molar-refractivity contribution >= 4 is 5.91 Å². The lowest BCUT2D eigenvalue weighted by Crippen LogP contribution is -2.47. The Balaban J connectivity index is 2.11. The first kappa shape index (κ1) is 16.8. The van der Waals surface area contributed by atoms with E-state index in [4.69, 9.17) is 0 Å². The zero-order chi connectivity index (χ0) is 15.4. The molecule has 2 fully saturated rings. The molecule has 1 heterocycles. The van der Waals surface area contributed by atoms with Crippen molar-refractivity contribution < 1.29 is 4.79 Å². The Kier molecular flexibility index (Phi) is 6.09. The minimum atomic E-state index is 0.0394. The van der Waals surface area contributed by atoms with E-state index in [-0.39, 0.29) is 12.2 Å². The Morgan fingerprint density at radius 2 is 1.86 bits per heavy atom. The SMILES string of the molecule is CCCC1NC(C(C)CC)C(=O)N1C(C)C1CCCCC1. The summed E-state index contributed by atoms with van der Waals surface area (Å²) in [7, 11) is 0. The van der Waals surface area contributed by atoms with Crippen molar-refractivity contribution in [1.82, 2.24) is 10.2 Å². The Morgan fingerprint density at radius 3 is 2.43 bits per heavy atom. The van der Waals surface area contributed by atoms with Gasteiger partial charge < -0.3 is 4.90 Å². The molecule has 2 aliphatic rings. The van der Waals surface area contributed by atoms with Gasteiger partial charge in [0.25, 0.3) is 0 Å². The van der Waals surface area contributed by atoms with Crippen molar-refractivity contribution in [2.24, 2.45) is 11.8 Å². The molecule has 4 unspecified atom stereocenters. The van der Waals surface area contributed by atoms with Gasteiger partial charge in [-0.2, -0.15) is 0 Å². The molecule has 0 aromatic heterocycles. The Morgan fingerprint density at radius 1 is 1.19 bits per heavy atom. The highest BCUT2D eigenvalue weighted by Gasteiger charge is 2.44. The van der Waals surface area contributed by atoms with Gasteiger partial charge in [-0.15, -0.1) is 0 Å². The Bertz CT molecular complexity index is 338. The largest absolute Gasteiger partial charge is 0.323 e. The van der Waals surface area contributed by atoms with Gasteiger partial charge in [0, 0.05) is 6.04 Å². The van der Waals surface area contributed by atoms with E-state index in [1.807, 2.05) is 0 Å². The average Bonchev–Trinajstić information content (AvgIpc) is 2.83. The van der Waals surface area contributed by atoms with Crippen LogP contribution in [0.25, 0.3) is 0 Å². The third-order valence-corrected chi connectivity index (χ3v) is 5.77. The van der Waals surface area contributed by atoms with Crippen LogP contribution in [-0.2, 0) is 4.79 Å². The molecule has 1 N–H and O–H groups in total. The Hall–Kier alpha value is -0.570. The molecule has 2 rings (SSSR count). The molecule has 0 bridgehead atoms. The van der Waals surface area contributed by atoms with Gasteiger partial charge in [-0.3, -0.25) is 10.1 Å². The average molecular weight is 294 g/mol. The molecule has 3 heteroatoms. The summed E-state index contributed by atoms with van der Waals surface area (Å²) in [6.07, 6.45) is 10.2. The van der Waals surface area contributed by atoms with Crippen molar-refractivity contribution in [2.75, 3.05) is 0 Å². The molecule has 0 aromatic carbocycles. The minimum Gasteiger partial charge on any atom is -0.323 e. The van der Waals surface area contributed by atoms with Gasteiger partial charge in [0.15, 0.2) is 0 Å². The van der Waals surface area contributed by atoms with Crippen molar-refractivity contribution in [3.05, 3.63) is 0 Å². The van der Waals surface area contributed by atoms with Crippen LogP contribution in [0.1, 0.15) is 79.1 Å². The summed E-state index contributed by atoms with van der Waals surface area (Å²) in [6, 6.07) is 0.438.